The molecule has 3 rings (SSSR count). The number of amides is 1. The zero-order valence-corrected chi connectivity index (χ0v) is 19.9. The Balaban J connectivity index is 1.86. The first kappa shape index (κ1) is 25.4. The minimum absolute atomic E-state index is 0.00879. The van der Waals surface area contributed by atoms with E-state index in [9.17, 15) is 18.3 Å². The zero-order chi connectivity index (χ0) is 24.0. The van der Waals surface area contributed by atoms with Crippen LogP contribution in [-0.4, -0.2) is 60.1 Å². The smallest absolute Gasteiger partial charge is 0.232 e. The molecule has 0 bridgehead atoms. The number of ether oxygens (including phenoxy) is 1. The van der Waals surface area contributed by atoms with Crippen LogP contribution >= 0.6 is 11.6 Å². The number of carbonyl (C=O) groups is 1. The highest BCUT2D eigenvalue weighted by atomic mass is 35.5. The average molecular weight is 498 g/mol. The summed E-state index contributed by atoms with van der Waals surface area (Å²) in [4.78, 5) is 23.0. The highest BCUT2D eigenvalue weighted by molar-refractivity contribution is 7.90. The van der Waals surface area contributed by atoms with Gasteiger partial charge in [0.1, 0.15) is 12.7 Å². The summed E-state index contributed by atoms with van der Waals surface area (Å²) in [7, 11) is -3.52. The third-order valence-electron chi connectivity index (χ3n) is 5.54. The van der Waals surface area contributed by atoms with Crippen molar-refractivity contribution in [1.29, 1.82) is 0 Å². The predicted octanol–water partition coefficient (Wildman–Crippen LogP) is 2.90. The zero-order valence-electron chi connectivity index (χ0n) is 18.4. The molecule has 180 valence electrons. The number of aliphatic hydroxyl groups is 2. The summed E-state index contributed by atoms with van der Waals surface area (Å²) < 4.78 is 29.1. The number of benzene rings is 1. The maximum atomic E-state index is 13.2. The van der Waals surface area contributed by atoms with Gasteiger partial charge in [0.25, 0.3) is 0 Å². The van der Waals surface area contributed by atoms with Gasteiger partial charge in [-0.05, 0) is 30.5 Å². The van der Waals surface area contributed by atoms with Crippen molar-refractivity contribution >= 4 is 38.9 Å². The first-order valence-corrected chi connectivity index (χ1v) is 13.0. The van der Waals surface area contributed by atoms with Crippen molar-refractivity contribution in [3.63, 3.8) is 0 Å². The molecule has 11 heteroatoms. The molecule has 0 unspecified atom stereocenters. The van der Waals surface area contributed by atoms with E-state index in [1.807, 2.05) is 0 Å². The van der Waals surface area contributed by atoms with E-state index in [1.165, 1.54) is 48.3 Å². The third-order valence-corrected chi connectivity index (χ3v) is 7.12. The van der Waals surface area contributed by atoms with Crippen molar-refractivity contribution in [3.8, 4) is 5.88 Å². The van der Waals surface area contributed by atoms with Gasteiger partial charge in [-0.25, -0.2) is 18.4 Å². The highest BCUT2D eigenvalue weighted by Crippen LogP contribution is 2.33. The van der Waals surface area contributed by atoms with Gasteiger partial charge in [0.15, 0.2) is 15.7 Å². The molecule has 0 saturated heterocycles. The molecule has 1 atom stereocenters. The summed E-state index contributed by atoms with van der Waals surface area (Å²) in [5, 5.41) is 18.3. The Hall–Kier alpha value is -2.27. The number of sulfone groups is 1. The molecule has 1 aliphatic rings. The van der Waals surface area contributed by atoms with Gasteiger partial charge in [-0.2, -0.15) is 0 Å². The lowest BCUT2D eigenvalue weighted by atomic mass is 10.0. The minimum atomic E-state index is -3.52. The number of hydrogen-bond donors (Lipinski definition) is 2. The molecule has 1 heterocycles. The van der Waals surface area contributed by atoms with Crippen molar-refractivity contribution in [2.45, 2.75) is 49.5 Å². The van der Waals surface area contributed by atoms with Crippen molar-refractivity contribution < 1.29 is 28.2 Å². The first-order valence-electron chi connectivity index (χ1n) is 10.8. The molecule has 0 aliphatic heterocycles. The van der Waals surface area contributed by atoms with Crippen LogP contribution in [0.4, 0.5) is 11.5 Å². The van der Waals surface area contributed by atoms with Crippen LogP contribution in [0.3, 0.4) is 0 Å². The van der Waals surface area contributed by atoms with Gasteiger partial charge >= 0.3 is 0 Å². The molecule has 0 radical (unpaired) electrons. The molecule has 1 aromatic heterocycles. The van der Waals surface area contributed by atoms with Gasteiger partial charge in [-0.1, -0.05) is 37.3 Å². The molecule has 1 saturated carbocycles. The molecule has 1 aromatic carbocycles. The molecule has 2 aromatic rings. The van der Waals surface area contributed by atoms with Crippen LogP contribution in [0.1, 0.15) is 38.5 Å². The Morgan fingerprint density at radius 2 is 2.00 bits per heavy atom. The lowest BCUT2D eigenvalue weighted by Crippen LogP contribution is -2.27. The average Bonchev–Trinajstić information content (AvgIpc) is 3.30. The topological polar surface area (TPSA) is 130 Å². The summed E-state index contributed by atoms with van der Waals surface area (Å²) in [5.74, 6) is 0.662. The number of halogens is 1. The van der Waals surface area contributed by atoms with Crippen LogP contribution in [0.5, 0.6) is 5.88 Å². The van der Waals surface area contributed by atoms with Crippen LogP contribution in [0.25, 0.3) is 0 Å². The third kappa shape index (κ3) is 6.86. The van der Waals surface area contributed by atoms with Crippen LogP contribution in [0, 0.1) is 5.92 Å². The summed E-state index contributed by atoms with van der Waals surface area (Å²) >= 11 is 6.22. The fourth-order valence-electron chi connectivity index (χ4n) is 3.81. The van der Waals surface area contributed by atoms with E-state index in [-0.39, 0.29) is 34.1 Å². The van der Waals surface area contributed by atoms with Crippen molar-refractivity contribution in [2.24, 2.45) is 5.92 Å². The molecule has 1 aliphatic carbocycles. The molecular formula is C22H28ClN3O6S. The fourth-order valence-corrected chi connectivity index (χ4v) is 5.13. The van der Waals surface area contributed by atoms with Gasteiger partial charge in [0, 0.05) is 12.7 Å². The Labute approximate surface area is 198 Å². The van der Waals surface area contributed by atoms with Crippen LogP contribution in [-0.2, 0) is 14.6 Å². The Morgan fingerprint density at radius 3 is 2.58 bits per heavy atom. The predicted molar refractivity (Wildman–Crippen MR) is 124 cm³/mol. The summed E-state index contributed by atoms with van der Waals surface area (Å²) in [6, 6.07) is 4.31. The number of hydrogen-bond acceptors (Lipinski definition) is 8. The van der Waals surface area contributed by atoms with Crippen molar-refractivity contribution in [3.05, 3.63) is 35.6 Å². The lowest BCUT2D eigenvalue weighted by molar-refractivity contribution is -0.118. The van der Waals surface area contributed by atoms with Crippen LogP contribution in [0.15, 0.2) is 35.5 Å². The van der Waals surface area contributed by atoms with Gasteiger partial charge in [0.05, 0.1) is 34.6 Å². The second-order valence-corrected chi connectivity index (χ2v) is 10.6. The molecule has 1 amide bonds. The standard InChI is InChI=1S/C22H28ClN3O6S/c1-33(30,31)19-8-7-16(10-18(19)23)26(22(29)9-6-15-4-2-3-5-15)20-11-25-21(12-24-20)32-14-17(28)13-27/h7-8,10-12,15,17,27-28H,2-6,9,13-14H2,1H3/t17-/m0/s1. The van der Waals surface area contributed by atoms with E-state index < -0.39 is 22.5 Å². The lowest BCUT2D eigenvalue weighted by Gasteiger charge is -2.23. The fraction of sp³-hybridized carbons (Fsp3) is 0.500. The van der Waals surface area contributed by atoms with Crippen molar-refractivity contribution in [1.82, 2.24) is 9.97 Å². The van der Waals surface area contributed by atoms with Gasteiger partial charge in [0.2, 0.25) is 11.8 Å². The Bertz CT molecular complexity index is 1060. The van der Waals surface area contributed by atoms with E-state index >= 15 is 0 Å². The number of anilines is 2. The molecule has 2 N–H and O–H groups in total. The van der Waals surface area contributed by atoms with E-state index in [1.54, 1.807) is 0 Å². The maximum absolute atomic E-state index is 13.2. The second kappa shape index (κ2) is 11.2. The van der Waals surface area contributed by atoms with Gasteiger partial charge in [-0.15, -0.1) is 0 Å². The molecule has 0 spiro atoms. The summed E-state index contributed by atoms with van der Waals surface area (Å²) in [6.07, 6.45) is 8.35. The second-order valence-electron chi connectivity index (χ2n) is 8.17. The molecule has 1 fully saturated rings. The van der Waals surface area contributed by atoms with Crippen molar-refractivity contribution in [2.75, 3.05) is 24.4 Å². The van der Waals surface area contributed by atoms with E-state index in [0.717, 1.165) is 25.5 Å². The van der Waals surface area contributed by atoms with Gasteiger partial charge in [-0.3, -0.25) is 9.69 Å². The molecular weight excluding hydrogens is 470 g/mol. The number of rotatable bonds is 10. The largest absolute Gasteiger partial charge is 0.474 e. The van der Waals surface area contributed by atoms with E-state index in [0.29, 0.717) is 18.0 Å². The Morgan fingerprint density at radius 1 is 1.27 bits per heavy atom. The number of nitrogens with zero attached hydrogens (tertiary/aromatic N) is 3. The van der Waals surface area contributed by atoms with E-state index in [2.05, 4.69) is 9.97 Å². The minimum Gasteiger partial charge on any atom is -0.474 e. The molecule has 9 nitrogen and oxygen atoms in total. The number of aromatic nitrogens is 2. The Kier molecular flexibility index (Phi) is 8.63. The SMILES string of the molecule is CS(=O)(=O)c1ccc(N(C(=O)CCC2CCCC2)c2cnc(OC[C@@H](O)CO)cn2)cc1Cl. The molecule has 33 heavy (non-hydrogen) atoms. The van der Waals surface area contributed by atoms with E-state index in [4.69, 9.17) is 21.4 Å². The first-order chi connectivity index (χ1) is 15.7. The number of aliphatic hydroxyl groups excluding tert-OH is 2. The summed E-state index contributed by atoms with van der Waals surface area (Å²) in [6.45, 7) is -0.601. The van der Waals surface area contributed by atoms with Gasteiger partial charge < -0.3 is 14.9 Å². The maximum Gasteiger partial charge on any atom is 0.232 e. The quantitative estimate of drug-likeness (QED) is 0.512. The highest BCUT2D eigenvalue weighted by Gasteiger charge is 2.24. The van der Waals surface area contributed by atoms with Crippen LogP contribution in [0.2, 0.25) is 5.02 Å². The summed E-state index contributed by atoms with van der Waals surface area (Å²) in [5.41, 5.74) is 0.377. The number of carbonyl (C=O) groups excluding carboxylic acids is 1. The normalized spacial score (nSPS) is 15.4. The van der Waals surface area contributed by atoms with Crippen LogP contribution < -0.4 is 9.64 Å². The monoisotopic (exact) mass is 497 g/mol.